The Morgan fingerprint density at radius 2 is 1.38 bits per heavy atom. The second-order valence-corrected chi connectivity index (χ2v) is 6.76. The van der Waals surface area contributed by atoms with Crippen molar-refractivity contribution in [2.75, 3.05) is 0 Å². The van der Waals surface area contributed by atoms with Gasteiger partial charge in [0.25, 0.3) is 10.0 Å². The Morgan fingerprint density at radius 1 is 0.862 bits per heavy atom. The van der Waals surface area contributed by atoms with Gasteiger partial charge in [-0.05, 0) is 18.9 Å². The summed E-state index contributed by atoms with van der Waals surface area (Å²) in [6.07, 6.45) is 4.63. The lowest BCUT2D eigenvalue weighted by molar-refractivity contribution is 0.579. The van der Waals surface area contributed by atoms with E-state index in [9.17, 15) is 8.42 Å². The second kappa shape index (κ2) is 13.5. The van der Waals surface area contributed by atoms with Gasteiger partial charge in [0.05, 0.1) is 12.4 Å². The maximum absolute atomic E-state index is 12.5. The zero-order valence-electron chi connectivity index (χ0n) is 18.7. The minimum Gasteiger partial charge on any atom is -0.240 e. The number of benzene rings is 1. The molecule has 7 nitrogen and oxygen atoms in total. The predicted octanol–water partition coefficient (Wildman–Crippen LogP) is 4.92. The van der Waals surface area contributed by atoms with Crippen molar-refractivity contribution < 1.29 is 8.42 Å². The molecule has 0 fully saturated rings. The largest absolute Gasteiger partial charge is 0.287 e. The third-order valence-electron chi connectivity index (χ3n) is 3.39. The van der Waals surface area contributed by atoms with Crippen LogP contribution in [0.15, 0.2) is 47.9 Å². The summed E-state index contributed by atoms with van der Waals surface area (Å²) in [4.78, 5) is 11.9. The van der Waals surface area contributed by atoms with Crippen LogP contribution in [0.4, 0.5) is 0 Å². The van der Waals surface area contributed by atoms with E-state index in [-0.39, 0.29) is 4.90 Å². The standard InChI is InChI=1S/C15H15N5O2S.3C2H6/c1-3-12-4-6-13(7-5-12)15-18-10-20(19-15)23(21,22)14-8-16-11(2)17-9-14;3*1-2/h4-10H,3H2,1-2H3;3*1-2H3. The Kier molecular flexibility index (Phi) is 12.3. The van der Waals surface area contributed by atoms with Crippen molar-refractivity contribution in [1.29, 1.82) is 0 Å². The molecule has 0 radical (unpaired) electrons. The van der Waals surface area contributed by atoms with Crippen LogP contribution >= 0.6 is 0 Å². The molecule has 0 aliphatic heterocycles. The van der Waals surface area contributed by atoms with Crippen molar-refractivity contribution in [1.82, 2.24) is 24.1 Å². The summed E-state index contributed by atoms with van der Waals surface area (Å²) in [5.74, 6) is 0.850. The van der Waals surface area contributed by atoms with E-state index in [1.165, 1.54) is 24.3 Å². The van der Waals surface area contributed by atoms with E-state index in [0.29, 0.717) is 11.6 Å². The van der Waals surface area contributed by atoms with E-state index < -0.39 is 10.0 Å². The van der Waals surface area contributed by atoms with Crippen LogP contribution in [-0.4, -0.2) is 32.6 Å². The van der Waals surface area contributed by atoms with Gasteiger partial charge in [0, 0.05) is 5.56 Å². The zero-order valence-corrected chi connectivity index (χ0v) is 19.5. The molecule has 160 valence electrons. The van der Waals surface area contributed by atoms with Gasteiger partial charge in [-0.25, -0.2) is 15.0 Å². The molecule has 0 amide bonds. The minimum atomic E-state index is -3.84. The fraction of sp³-hybridized carbons (Fsp3) is 0.429. The molecule has 0 spiro atoms. The lowest BCUT2D eigenvalue weighted by Crippen LogP contribution is -2.14. The summed E-state index contributed by atoms with van der Waals surface area (Å²) in [5, 5.41) is 4.07. The van der Waals surface area contributed by atoms with Crippen molar-refractivity contribution in [3.63, 3.8) is 0 Å². The van der Waals surface area contributed by atoms with E-state index in [1.54, 1.807) is 6.92 Å². The normalized spacial score (nSPS) is 9.79. The molecule has 0 bridgehead atoms. The molecule has 3 aromatic rings. The Morgan fingerprint density at radius 3 is 1.86 bits per heavy atom. The highest BCUT2D eigenvalue weighted by Crippen LogP contribution is 2.17. The molecule has 0 aliphatic carbocycles. The van der Waals surface area contributed by atoms with Crippen molar-refractivity contribution in [2.45, 2.75) is 66.7 Å². The van der Waals surface area contributed by atoms with Crippen LogP contribution in [0.3, 0.4) is 0 Å². The molecule has 0 unspecified atom stereocenters. The van der Waals surface area contributed by atoms with Gasteiger partial charge in [0.1, 0.15) is 17.0 Å². The Balaban J connectivity index is 0.00000120. The molecule has 29 heavy (non-hydrogen) atoms. The van der Waals surface area contributed by atoms with E-state index in [0.717, 1.165) is 16.1 Å². The van der Waals surface area contributed by atoms with Crippen molar-refractivity contribution >= 4 is 10.0 Å². The lowest BCUT2D eigenvalue weighted by Gasteiger charge is -2.02. The first kappa shape index (κ1) is 26.4. The Bertz CT molecular complexity index is 918. The van der Waals surface area contributed by atoms with Crippen molar-refractivity contribution in [3.8, 4) is 11.4 Å². The van der Waals surface area contributed by atoms with Gasteiger partial charge in [-0.2, -0.15) is 8.42 Å². The third kappa shape index (κ3) is 7.05. The molecule has 8 heteroatoms. The fourth-order valence-electron chi connectivity index (χ4n) is 2.01. The first-order chi connectivity index (χ1) is 14.0. The summed E-state index contributed by atoms with van der Waals surface area (Å²) < 4.78 is 25.8. The summed E-state index contributed by atoms with van der Waals surface area (Å²) in [6, 6.07) is 7.69. The SMILES string of the molecule is CC.CC.CC.CCc1ccc(-c2ncn(S(=O)(=O)c3cnc(C)nc3)n2)cc1. The Hall–Kier alpha value is -2.61. The molecule has 2 aromatic heterocycles. The second-order valence-electron chi connectivity index (χ2n) is 4.96. The molecule has 0 saturated carbocycles. The first-order valence-corrected chi connectivity index (χ1v) is 11.5. The van der Waals surface area contributed by atoms with E-state index in [1.807, 2.05) is 65.8 Å². The maximum Gasteiger partial charge on any atom is 0.287 e. The van der Waals surface area contributed by atoms with Gasteiger partial charge in [-0.1, -0.05) is 72.7 Å². The summed E-state index contributed by atoms with van der Waals surface area (Å²) in [5.41, 5.74) is 1.95. The van der Waals surface area contributed by atoms with Crippen LogP contribution in [0.5, 0.6) is 0 Å². The number of aryl methyl sites for hydroxylation is 2. The van der Waals surface area contributed by atoms with Crippen LogP contribution in [0.1, 0.15) is 59.9 Å². The van der Waals surface area contributed by atoms with Gasteiger partial charge in [-0.3, -0.25) is 0 Å². The third-order valence-corrected chi connectivity index (χ3v) is 4.87. The quantitative estimate of drug-likeness (QED) is 0.596. The summed E-state index contributed by atoms with van der Waals surface area (Å²) in [6.45, 7) is 15.8. The smallest absolute Gasteiger partial charge is 0.240 e. The Labute approximate surface area is 175 Å². The van der Waals surface area contributed by atoms with E-state index >= 15 is 0 Å². The van der Waals surface area contributed by atoms with Crippen LogP contribution in [-0.2, 0) is 16.4 Å². The van der Waals surface area contributed by atoms with Crippen LogP contribution in [0.25, 0.3) is 11.4 Å². The summed E-state index contributed by atoms with van der Waals surface area (Å²) >= 11 is 0. The van der Waals surface area contributed by atoms with Crippen LogP contribution in [0, 0.1) is 6.92 Å². The number of hydrogen-bond donors (Lipinski definition) is 0. The van der Waals surface area contributed by atoms with Crippen molar-refractivity contribution in [2.24, 2.45) is 0 Å². The molecule has 2 heterocycles. The van der Waals surface area contributed by atoms with E-state index in [2.05, 4.69) is 27.0 Å². The molecule has 0 N–H and O–H groups in total. The maximum atomic E-state index is 12.5. The van der Waals surface area contributed by atoms with E-state index in [4.69, 9.17) is 0 Å². The average molecular weight is 420 g/mol. The highest BCUT2D eigenvalue weighted by atomic mass is 32.2. The zero-order chi connectivity index (χ0) is 22.4. The number of rotatable bonds is 4. The molecular formula is C21H33N5O2S. The predicted molar refractivity (Wildman–Crippen MR) is 118 cm³/mol. The molecule has 1 aromatic carbocycles. The van der Waals surface area contributed by atoms with Crippen LogP contribution in [0.2, 0.25) is 0 Å². The molecule has 0 saturated heterocycles. The lowest BCUT2D eigenvalue weighted by atomic mass is 10.1. The van der Waals surface area contributed by atoms with Gasteiger partial charge >= 0.3 is 0 Å². The van der Waals surface area contributed by atoms with Gasteiger partial charge in [-0.15, -0.1) is 9.19 Å². The topological polar surface area (TPSA) is 90.6 Å². The number of aromatic nitrogens is 5. The minimum absolute atomic E-state index is 0.0270. The van der Waals surface area contributed by atoms with Gasteiger partial charge in [0.15, 0.2) is 5.82 Å². The number of nitrogens with zero attached hydrogens (tertiary/aromatic N) is 5. The number of hydrogen-bond acceptors (Lipinski definition) is 6. The van der Waals surface area contributed by atoms with Crippen molar-refractivity contribution in [3.05, 3.63) is 54.4 Å². The molecule has 0 aliphatic rings. The van der Waals surface area contributed by atoms with Gasteiger partial charge < -0.3 is 0 Å². The monoisotopic (exact) mass is 419 g/mol. The molecular weight excluding hydrogens is 386 g/mol. The fourth-order valence-corrected chi connectivity index (χ4v) is 2.95. The van der Waals surface area contributed by atoms with Gasteiger partial charge in [0.2, 0.25) is 0 Å². The summed E-state index contributed by atoms with van der Waals surface area (Å²) in [7, 11) is -3.84. The van der Waals surface area contributed by atoms with Crippen LogP contribution < -0.4 is 0 Å². The average Bonchev–Trinajstić information content (AvgIpc) is 3.30. The molecule has 3 rings (SSSR count). The first-order valence-electron chi connectivity index (χ1n) is 10.1. The highest BCUT2D eigenvalue weighted by Gasteiger charge is 2.20. The molecule has 0 atom stereocenters. The highest BCUT2D eigenvalue weighted by molar-refractivity contribution is 7.89.